The van der Waals surface area contributed by atoms with Crippen LogP contribution in [0.5, 0.6) is 0 Å². The van der Waals surface area contributed by atoms with Crippen molar-refractivity contribution in [3.05, 3.63) is 53.0 Å². The number of aromatic nitrogens is 1. The fourth-order valence-electron chi connectivity index (χ4n) is 5.79. The van der Waals surface area contributed by atoms with Gasteiger partial charge in [-0.15, -0.1) is 0 Å². The lowest BCUT2D eigenvalue weighted by molar-refractivity contribution is -0.137. The van der Waals surface area contributed by atoms with Gasteiger partial charge in [-0.25, -0.2) is 13.8 Å². The average Bonchev–Trinajstić information content (AvgIpc) is 3.28. The highest BCUT2D eigenvalue weighted by atomic mass is 19.1. The Labute approximate surface area is 216 Å². The van der Waals surface area contributed by atoms with E-state index in [0.717, 1.165) is 36.6 Å². The van der Waals surface area contributed by atoms with E-state index >= 15 is 4.39 Å². The van der Waals surface area contributed by atoms with Crippen LogP contribution in [0.25, 0.3) is 0 Å². The largest absolute Gasteiger partial charge is 0.481 e. The Morgan fingerprint density at radius 3 is 2.86 bits per heavy atom. The predicted octanol–water partition coefficient (Wildman–Crippen LogP) is 4.02. The van der Waals surface area contributed by atoms with Crippen LogP contribution in [0.1, 0.15) is 48.4 Å². The normalized spacial score (nSPS) is 22.9. The summed E-state index contributed by atoms with van der Waals surface area (Å²) in [5, 5.41) is 12.9. The zero-order valence-corrected chi connectivity index (χ0v) is 21.2. The first-order valence-corrected chi connectivity index (χ1v) is 13.4. The molecule has 2 fully saturated rings. The molecule has 0 bridgehead atoms. The number of nitrogens with one attached hydrogen (secondary N) is 1. The second-order valence-electron chi connectivity index (χ2n) is 10.6. The van der Waals surface area contributed by atoms with Crippen LogP contribution in [-0.4, -0.2) is 79.1 Å². The van der Waals surface area contributed by atoms with E-state index in [9.17, 15) is 14.3 Å². The molecule has 2 N–H and O–H groups in total. The van der Waals surface area contributed by atoms with Crippen LogP contribution in [0.4, 0.5) is 20.3 Å². The number of hydrogen-bond acceptors (Lipinski definition) is 6. The molecule has 0 aliphatic carbocycles. The summed E-state index contributed by atoms with van der Waals surface area (Å²) in [6.07, 6.45) is 3.21. The van der Waals surface area contributed by atoms with Crippen molar-refractivity contribution < 1.29 is 23.4 Å². The number of carbonyl (C=O) groups is 1. The molecule has 3 aliphatic heterocycles. The van der Waals surface area contributed by atoms with Gasteiger partial charge < -0.3 is 20.1 Å². The number of pyridine rings is 1. The second-order valence-corrected chi connectivity index (χ2v) is 10.6. The lowest BCUT2D eigenvalue weighted by Crippen LogP contribution is -2.36. The molecule has 9 heteroatoms. The fourth-order valence-corrected chi connectivity index (χ4v) is 5.79. The van der Waals surface area contributed by atoms with Crippen molar-refractivity contribution >= 4 is 17.5 Å². The number of aliphatic carboxylic acids is 1. The minimum atomic E-state index is -1.37. The summed E-state index contributed by atoms with van der Waals surface area (Å²) in [5.41, 5.74) is 1.98. The minimum absolute atomic E-state index is 0.203. The highest BCUT2D eigenvalue weighted by molar-refractivity contribution is 5.68. The molecule has 5 rings (SSSR count). The Morgan fingerprint density at radius 1 is 1.22 bits per heavy atom. The third-order valence-electron chi connectivity index (χ3n) is 7.86. The third kappa shape index (κ3) is 6.38. The molecule has 2 atom stereocenters. The number of fused-ring (bicyclic) bond motifs is 1. The Balaban J connectivity index is 1.24. The second kappa shape index (κ2) is 11.3. The number of rotatable bonds is 9. The van der Waals surface area contributed by atoms with Crippen LogP contribution in [0.2, 0.25) is 0 Å². The summed E-state index contributed by atoms with van der Waals surface area (Å²) in [6.45, 7) is 4.60. The summed E-state index contributed by atoms with van der Waals surface area (Å²) < 4.78 is 36.2. The van der Waals surface area contributed by atoms with Crippen LogP contribution >= 0.6 is 0 Å². The van der Waals surface area contributed by atoms with Crippen LogP contribution in [-0.2, 0) is 22.4 Å². The maximum Gasteiger partial charge on any atom is 0.304 e. The van der Waals surface area contributed by atoms with Gasteiger partial charge in [0.1, 0.15) is 17.3 Å². The number of halogens is 2. The Bertz CT molecular complexity index is 1110. The summed E-state index contributed by atoms with van der Waals surface area (Å²) in [6, 6.07) is 9.00. The van der Waals surface area contributed by atoms with Crippen molar-refractivity contribution in [3.63, 3.8) is 0 Å². The first kappa shape index (κ1) is 25.9. The number of alkyl halides is 1. The number of nitrogens with zero attached hydrogens (tertiary/aromatic N) is 3. The van der Waals surface area contributed by atoms with E-state index in [1.165, 1.54) is 11.6 Å². The van der Waals surface area contributed by atoms with E-state index in [1.54, 1.807) is 12.1 Å². The molecule has 3 aliphatic rings. The maximum absolute atomic E-state index is 15.8. The van der Waals surface area contributed by atoms with Crippen molar-refractivity contribution in [2.24, 2.45) is 0 Å². The highest BCUT2D eigenvalue weighted by Gasteiger charge is 2.39. The lowest BCUT2D eigenvalue weighted by atomic mass is 9.93. The molecule has 0 spiro atoms. The fraction of sp³-hybridized carbons (Fsp3) is 0.571. The smallest absolute Gasteiger partial charge is 0.304 e. The molecule has 200 valence electrons. The zero-order chi connectivity index (χ0) is 25.8. The molecule has 1 aromatic carbocycles. The maximum atomic E-state index is 15.8. The number of anilines is 2. The molecule has 0 amide bonds. The molecule has 1 aromatic heterocycles. The molecule has 4 heterocycles. The molecular formula is C28H36F2N4O3. The molecule has 0 radical (unpaired) electrons. The summed E-state index contributed by atoms with van der Waals surface area (Å²) >= 11 is 0. The van der Waals surface area contributed by atoms with Gasteiger partial charge >= 0.3 is 5.97 Å². The number of carboxylic acids is 1. The molecule has 37 heavy (non-hydrogen) atoms. The molecule has 0 saturated carbocycles. The predicted molar refractivity (Wildman–Crippen MR) is 139 cm³/mol. The zero-order valence-electron chi connectivity index (χ0n) is 21.2. The molecule has 1 unspecified atom stereocenters. The van der Waals surface area contributed by atoms with Gasteiger partial charge in [0.15, 0.2) is 0 Å². The quantitative estimate of drug-likeness (QED) is 0.523. The van der Waals surface area contributed by atoms with Gasteiger partial charge in [0, 0.05) is 56.6 Å². The van der Waals surface area contributed by atoms with E-state index in [0.29, 0.717) is 64.2 Å². The van der Waals surface area contributed by atoms with Gasteiger partial charge in [-0.05, 0) is 67.5 Å². The van der Waals surface area contributed by atoms with Crippen LogP contribution in [0, 0.1) is 5.82 Å². The topological polar surface area (TPSA) is 77.9 Å². The van der Waals surface area contributed by atoms with Crippen molar-refractivity contribution in [1.29, 1.82) is 0 Å². The van der Waals surface area contributed by atoms with E-state index in [-0.39, 0.29) is 13.0 Å². The van der Waals surface area contributed by atoms with Crippen LogP contribution in [0.3, 0.4) is 0 Å². The molecular weight excluding hydrogens is 478 g/mol. The Kier molecular flexibility index (Phi) is 7.90. The third-order valence-corrected chi connectivity index (χ3v) is 7.86. The highest BCUT2D eigenvalue weighted by Crippen LogP contribution is 2.34. The van der Waals surface area contributed by atoms with Gasteiger partial charge in [-0.2, -0.15) is 0 Å². The number of morpholine rings is 1. The van der Waals surface area contributed by atoms with Crippen molar-refractivity contribution in [2.45, 2.75) is 50.1 Å². The van der Waals surface area contributed by atoms with E-state index in [4.69, 9.17) is 9.72 Å². The number of benzene rings is 1. The van der Waals surface area contributed by atoms with Crippen molar-refractivity contribution in [1.82, 2.24) is 9.88 Å². The van der Waals surface area contributed by atoms with Crippen LogP contribution in [0.15, 0.2) is 30.3 Å². The number of hydrogen-bond donors (Lipinski definition) is 2. The lowest BCUT2D eigenvalue weighted by Gasteiger charge is -2.30. The SMILES string of the molecule is O=C(O)CC(CN1CC[C@](F)(CCc2ccc3c(n2)NCCC3)C1)c1cc(N2CCOCC2)ccc1F. The van der Waals surface area contributed by atoms with E-state index in [2.05, 4.69) is 16.3 Å². The monoisotopic (exact) mass is 514 g/mol. The van der Waals surface area contributed by atoms with Crippen molar-refractivity contribution in [3.8, 4) is 0 Å². The van der Waals surface area contributed by atoms with Gasteiger partial charge in [0.2, 0.25) is 0 Å². The van der Waals surface area contributed by atoms with Crippen LogP contribution < -0.4 is 10.2 Å². The number of ether oxygens (including phenoxy) is 1. The first-order chi connectivity index (χ1) is 17.9. The molecule has 2 aromatic rings. The molecule has 2 saturated heterocycles. The number of likely N-dealkylation sites (tertiary alicyclic amines) is 1. The van der Waals surface area contributed by atoms with Gasteiger partial charge in [-0.3, -0.25) is 9.69 Å². The molecule has 7 nitrogen and oxygen atoms in total. The number of aryl methyl sites for hydroxylation is 2. The standard InChI is InChI=1S/C28H36F2N4O3/c29-25-6-5-23(34-12-14-37-15-13-34)17-24(25)21(16-26(35)36)18-33-11-9-28(30,19-33)8-7-22-4-3-20-2-1-10-31-27(20)32-22/h3-6,17,21H,1-2,7-16,18-19H2,(H,31,32)(H,35,36)/t21?,28-/m1/s1. The Hall–Kier alpha value is -2.78. The number of carboxylic acid groups (broad SMARTS) is 1. The summed E-state index contributed by atoms with van der Waals surface area (Å²) in [4.78, 5) is 20.5. The average molecular weight is 515 g/mol. The Morgan fingerprint density at radius 2 is 2.05 bits per heavy atom. The van der Waals surface area contributed by atoms with E-state index < -0.39 is 23.4 Å². The summed E-state index contributed by atoms with van der Waals surface area (Å²) in [7, 11) is 0. The minimum Gasteiger partial charge on any atom is -0.481 e. The van der Waals surface area contributed by atoms with Gasteiger partial charge in [-0.1, -0.05) is 6.07 Å². The summed E-state index contributed by atoms with van der Waals surface area (Å²) in [5.74, 6) is -1.04. The first-order valence-electron chi connectivity index (χ1n) is 13.4. The van der Waals surface area contributed by atoms with Gasteiger partial charge in [0.05, 0.1) is 19.6 Å². The van der Waals surface area contributed by atoms with E-state index in [1.807, 2.05) is 11.0 Å². The van der Waals surface area contributed by atoms with Crippen molar-refractivity contribution in [2.75, 3.05) is 62.7 Å². The van der Waals surface area contributed by atoms with Gasteiger partial charge in [0.25, 0.3) is 0 Å².